The van der Waals surface area contributed by atoms with E-state index in [1.807, 2.05) is 36.4 Å². The fourth-order valence-corrected chi connectivity index (χ4v) is 3.02. The number of hydrogen-bond acceptors (Lipinski definition) is 4. The van der Waals surface area contributed by atoms with Crippen molar-refractivity contribution < 1.29 is 14.3 Å². The van der Waals surface area contributed by atoms with Gasteiger partial charge in [0.2, 0.25) is 0 Å². The highest BCUT2D eigenvalue weighted by Crippen LogP contribution is 2.22. The molecule has 1 fully saturated rings. The molecule has 0 spiro atoms. The van der Waals surface area contributed by atoms with Crippen molar-refractivity contribution in [2.45, 2.75) is 19.3 Å². The van der Waals surface area contributed by atoms with E-state index in [9.17, 15) is 4.79 Å². The number of hydrogen-bond donors (Lipinski definition) is 0. The molecule has 2 aromatic carbocycles. The van der Waals surface area contributed by atoms with Crippen LogP contribution < -0.4 is 4.74 Å². The number of ether oxygens (including phenoxy) is 2. The molecule has 1 aliphatic rings. The number of likely N-dealkylation sites (tertiary alicyclic amines) is 1. The van der Waals surface area contributed by atoms with Crippen molar-refractivity contribution in [1.82, 2.24) is 4.90 Å². The molecule has 4 heteroatoms. The first-order chi connectivity index (χ1) is 11.2. The van der Waals surface area contributed by atoms with Crippen LogP contribution in [0.4, 0.5) is 0 Å². The summed E-state index contributed by atoms with van der Waals surface area (Å²) >= 11 is 0. The van der Waals surface area contributed by atoms with Gasteiger partial charge in [-0.2, -0.15) is 0 Å². The molecular formula is C19H23NO3. The fraction of sp³-hybridized carbons (Fsp3) is 0.421. The minimum Gasteiger partial charge on any atom is -0.497 e. The number of esters is 1. The zero-order valence-electron chi connectivity index (χ0n) is 13.6. The standard InChI is InChI=1S/C19H23NO3/c1-22-18-7-6-16-12-15(4-5-17(16)14-18)13-19(21)23-11-10-20-8-2-3-9-20/h4-7,12,14H,2-3,8-11,13H2,1H3. The lowest BCUT2D eigenvalue weighted by Crippen LogP contribution is -2.25. The molecule has 0 N–H and O–H groups in total. The van der Waals surface area contributed by atoms with Crippen LogP contribution in [0.3, 0.4) is 0 Å². The van der Waals surface area contributed by atoms with Crippen molar-refractivity contribution >= 4 is 16.7 Å². The molecule has 0 aromatic heterocycles. The van der Waals surface area contributed by atoms with Crippen molar-refractivity contribution in [3.63, 3.8) is 0 Å². The van der Waals surface area contributed by atoms with E-state index in [0.29, 0.717) is 13.0 Å². The molecule has 0 atom stereocenters. The molecule has 0 radical (unpaired) electrons. The van der Waals surface area contributed by atoms with Crippen LogP contribution in [0.15, 0.2) is 36.4 Å². The predicted octanol–water partition coefficient (Wildman–Crippen LogP) is 3.03. The molecule has 2 aromatic rings. The van der Waals surface area contributed by atoms with E-state index in [2.05, 4.69) is 4.90 Å². The summed E-state index contributed by atoms with van der Waals surface area (Å²) in [5.41, 5.74) is 0.980. The van der Waals surface area contributed by atoms with Gasteiger partial charge in [-0.15, -0.1) is 0 Å². The first kappa shape index (κ1) is 15.8. The van der Waals surface area contributed by atoms with Crippen molar-refractivity contribution in [3.05, 3.63) is 42.0 Å². The van der Waals surface area contributed by atoms with Gasteiger partial charge in [-0.1, -0.05) is 24.3 Å². The maximum Gasteiger partial charge on any atom is 0.310 e. The minimum atomic E-state index is -0.156. The number of carbonyl (C=O) groups excluding carboxylic acids is 1. The SMILES string of the molecule is COc1ccc2cc(CC(=O)OCCN3CCCC3)ccc2c1. The summed E-state index contributed by atoms with van der Waals surface area (Å²) in [6.07, 6.45) is 2.84. The van der Waals surface area contributed by atoms with Crippen LogP contribution in [0.1, 0.15) is 18.4 Å². The number of benzene rings is 2. The van der Waals surface area contributed by atoms with Gasteiger partial charge < -0.3 is 9.47 Å². The highest BCUT2D eigenvalue weighted by atomic mass is 16.5. The third kappa shape index (κ3) is 4.23. The summed E-state index contributed by atoms with van der Waals surface area (Å²) in [6, 6.07) is 12.0. The second kappa shape index (κ2) is 7.47. The number of rotatable bonds is 6. The van der Waals surface area contributed by atoms with Crippen molar-refractivity contribution in [1.29, 1.82) is 0 Å². The van der Waals surface area contributed by atoms with Crippen LogP contribution in [-0.2, 0) is 16.0 Å². The Labute approximate surface area is 137 Å². The van der Waals surface area contributed by atoms with Crippen LogP contribution in [0.5, 0.6) is 5.75 Å². The maximum atomic E-state index is 12.0. The molecule has 0 bridgehead atoms. The average Bonchev–Trinajstić information content (AvgIpc) is 3.07. The van der Waals surface area contributed by atoms with Gasteiger partial charge in [0.15, 0.2) is 0 Å². The molecule has 4 nitrogen and oxygen atoms in total. The molecule has 1 heterocycles. The first-order valence-electron chi connectivity index (χ1n) is 8.19. The van der Waals surface area contributed by atoms with E-state index in [1.165, 1.54) is 12.8 Å². The van der Waals surface area contributed by atoms with Crippen LogP contribution in [0, 0.1) is 0 Å². The lowest BCUT2D eigenvalue weighted by molar-refractivity contribution is -0.143. The highest BCUT2D eigenvalue weighted by Gasteiger charge is 2.12. The van der Waals surface area contributed by atoms with Gasteiger partial charge in [0.1, 0.15) is 12.4 Å². The predicted molar refractivity (Wildman–Crippen MR) is 90.8 cm³/mol. The Morgan fingerprint density at radius 1 is 1.09 bits per heavy atom. The average molecular weight is 313 g/mol. The summed E-state index contributed by atoms with van der Waals surface area (Å²) in [4.78, 5) is 14.3. The Morgan fingerprint density at radius 3 is 2.61 bits per heavy atom. The van der Waals surface area contributed by atoms with Crippen LogP contribution in [-0.4, -0.2) is 44.2 Å². The van der Waals surface area contributed by atoms with Gasteiger partial charge in [0, 0.05) is 6.54 Å². The lowest BCUT2D eigenvalue weighted by Gasteiger charge is -2.14. The third-order valence-corrected chi connectivity index (χ3v) is 4.33. The Balaban J connectivity index is 1.54. The van der Waals surface area contributed by atoms with E-state index in [0.717, 1.165) is 41.7 Å². The number of methoxy groups -OCH3 is 1. The van der Waals surface area contributed by atoms with Crippen LogP contribution in [0.2, 0.25) is 0 Å². The monoisotopic (exact) mass is 313 g/mol. The first-order valence-corrected chi connectivity index (χ1v) is 8.19. The van der Waals surface area contributed by atoms with Crippen molar-refractivity contribution in [2.24, 2.45) is 0 Å². The van der Waals surface area contributed by atoms with E-state index < -0.39 is 0 Å². The largest absolute Gasteiger partial charge is 0.497 e. The van der Waals surface area contributed by atoms with E-state index in [-0.39, 0.29) is 5.97 Å². The minimum absolute atomic E-state index is 0.156. The molecular weight excluding hydrogens is 290 g/mol. The van der Waals surface area contributed by atoms with Crippen molar-refractivity contribution in [2.75, 3.05) is 33.4 Å². The number of fused-ring (bicyclic) bond motifs is 1. The number of carbonyl (C=O) groups is 1. The van der Waals surface area contributed by atoms with Gasteiger partial charge in [0.25, 0.3) is 0 Å². The van der Waals surface area contributed by atoms with Gasteiger partial charge in [-0.3, -0.25) is 9.69 Å². The van der Waals surface area contributed by atoms with Crippen LogP contribution in [0.25, 0.3) is 10.8 Å². The van der Waals surface area contributed by atoms with Gasteiger partial charge in [-0.25, -0.2) is 0 Å². The quantitative estimate of drug-likeness (QED) is 0.769. The summed E-state index contributed by atoms with van der Waals surface area (Å²) in [7, 11) is 1.66. The van der Waals surface area contributed by atoms with Crippen molar-refractivity contribution in [3.8, 4) is 5.75 Å². The molecule has 3 rings (SSSR count). The molecule has 23 heavy (non-hydrogen) atoms. The maximum absolute atomic E-state index is 12.0. The zero-order valence-corrected chi connectivity index (χ0v) is 13.6. The molecule has 0 amide bonds. The molecule has 1 aliphatic heterocycles. The summed E-state index contributed by atoms with van der Waals surface area (Å²) in [5, 5.41) is 2.21. The second-order valence-corrected chi connectivity index (χ2v) is 5.99. The molecule has 0 saturated carbocycles. The van der Waals surface area contributed by atoms with Gasteiger partial charge in [-0.05, 0) is 54.4 Å². The Bertz CT molecular complexity index is 677. The molecule has 1 saturated heterocycles. The Hall–Kier alpha value is -2.07. The molecule has 122 valence electrons. The van der Waals surface area contributed by atoms with E-state index >= 15 is 0 Å². The lowest BCUT2D eigenvalue weighted by atomic mass is 10.0. The smallest absolute Gasteiger partial charge is 0.310 e. The number of nitrogens with zero attached hydrogens (tertiary/aromatic N) is 1. The topological polar surface area (TPSA) is 38.8 Å². The Morgan fingerprint density at radius 2 is 1.83 bits per heavy atom. The van der Waals surface area contributed by atoms with Crippen LogP contribution >= 0.6 is 0 Å². The van der Waals surface area contributed by atoms with Gasteiger partial charge in [0.05, 0.1) is 13.5 Å². The summed E-state index contributed by atoms with van der Waals surface area (Å²) in [6.45, 7) is 3.60. The Kier molecular flexibility index (Phi) is 5.13. The second-order valence-electron chi connectivity index (χ2n) is 5.99. The normalized spacial score (nSPS) is 15.0. The van der Waals surface area contributed by atoms with Gasteiger partial charge >= 0.3 is 5.97 Å². The van der Waals surface area contributed by atoms with E-state index in [4.69, 9.17) is 9.47 Å². The molecule has 0 unspecified atom stereocenters. The summed E-state index contributed by atoms with van der Waals surface area (Å²) in [5.74, 6) is 0.684. The zero-order chi connectivity index (χ0) is 16.1. The fourth-order valence-electron chi connectivity index (χ4n) is 3.02. The molecule has 0 aliphatic carbocycles. The third-order valence-electron chi connectivity index (χ3n) is 4.33. The van der Waals surface area contributed by atoms with E-state index in [1.54, 1.807) is 7.11 Å². The summed E-state index contributed by atoms with van der Waals surface area (Å²) < 4.78 is 10.6. The highest BCUT2D eigenvalue weighted by molar-refractivity contribution is 5.85.